The van der Waals surface area contributed by atoms with Gasteiger partial charge < -0.3 is 0 Å². The highest BCUT2D eigenvalue weighted by Crippen LogP contribution is 2.11. The van der Waals surface area contributed by atoms with Gasteiger partial charge in [-0.1, -0.05) is 24.3 Å². The van der Waals surface area contributed by atoms with E-state index >= 15 is 0 Å². The van der Waals surface area contributed by atoms with Crippen LogP contribution in [-0.4, -0.2) is 0 Å². The standard InChI is InChI=1S/C11H9S/c1-2-4-10(5-3-1)8-11-6-7-12-9-11/h2-7,9H,8H2. The third-order valence-corrected chi connectivity index (χ3v) is 2.51. The molecule has 12 heavy (non-hydrogen) atoms. The quantitative estimate of drug-likeness (QED) is 0.654. The first-order chi connectivity index (χ1) is 5.95. The third-order valence-electron chi connectivity index (χ3n) is 1.78. The van der Waals surface area contributed by atoms with E-state index in [0.29, 0.717) is 0 Å². The summed E-state index contributed by atoms with van der Waals surface area (Å²) in [5, 5.41) is 4.31. The lowest BCUT2D eigenvalue weighted by Gasteiger charge is -1.96. The summed E-state index contributed by atoms with van der Waals surface area (Å²) in [5.74, 6) is 0. The second-order valence-electron chi connectivity index (χ2n) is 2.72. The maximum absolute atomic E-state index is 3.01. The molecule has 0 aliphatic rings. The summed E-state index contributed by atoms with van der Waals surface area (Å²) in [6.45, 7) is 0. The van der Waals surface area contributed by atoms with E-state index in [0.717, 1.165) is 6.42 Å². The Labute approximate surface area is 76.5 Å². The molecule has 2 aromatic rings. The number of hydrogen-bond donors (Lipinski definition) is 0. The first-order valence-corrected chi connectivity index (χ1v) is 4.85. The molecule has 0 fully saturated rings. The highest BCUT2D eigenvalue weighted by molar-refractivity contribution is 7.07. The van der Waals surface area contributed by atoms with Gasteiger partial charge in [0.15, 0.2) is 0 Å². The summed E-state index contributed by atoms with van der Waals surface area (Å²) in [6, 6.07) is 13.3. The van der Waals surface area contributed by atoms with Gasteiger partial charge in [-0.15, -0.1) is 0 Å². The second-order valence-corrected chi connectivity index (χ2v) is 3.50. The first kappa shape index (κ1) is 7.56. The Hall–Kier alpha value is -1.08. The minimum Gasteiger partial charge on any atom is -0.152 e. The molecule has 2 rings (SSSR count). The third kappa shape index (κ3) is 1.74. The molecule has 1 aromatic carbocycles. The van der Waals surface area contributed by atoms with Crippen LogP contribution in [0, 0.1) is 6.07 Å². The van der Waals surface area contributed by atoms with Crippen molar-refractivity contribution in [1.82, 2.24) is 0 Å². The maximum Gasteiger partial charge on any atom is -0.00175 e. The monoisotopic (exact) mass is 173 g/mol. The van der Waals surface area contributed by atoms with Crippen molar-refractivity contribution in [3.63, 3.8) is 0 Å². The molecule has 0 N–H and O–H groups in total. The first-order valence-electron chi connectivity index (χ1n) is 3.91. The molecule has 59 valence electrons. The molecule has 0 nitrogen and oxygen atoms in total. The number of hydrogen-bond acceptors (Lipinski definition) is 1. The molecule has 0 saturated carbocycles. The second kappa shape index (κ2) is 3.55. The minimum absolute atomic E-state index is 1.04. The molecule has 1 heteroatoms. The van der Waals surface area contributed by atoms with Crippen LogP contribution in [0.5, 0.6) is 0 Å². The molecule has 1 radical (unpaired) electrons. The predicted octanol–water partition coefficient (Wildman–Crippen LogP) is 3.14. The summed E-state index contributed by atoms with van der Waals surface area (Å²) in [4.78, 5) is 0. The van der Waals surface area contributed by atoms with Gasteiger partial charge >= 0.3 is 0 Å². The topological polar surface area (TPSA) is 0 Å². The molecule has 0 bridgehead atoms. The zero-order valence-electron chi connectivity index (χ0n) is 6.66. The molecule has 0 aliphatic heterocycles. The largest absolute Gasteiger partial charge is 0.152 e. The van der Waals surface area contributed by atoms with Crippen LogP contribution in [0.2, 0.25) is 0 Å². The Balaban J connectivity index is 2.15. The van der Waals surface area contributed by atoms with Crippen LogP contribution >= 0.6 is 11.3 Å². The summed E-state index contributed by atoms with van der Waals surface area (Å²) in [6.07, 6.45) is 1.04. The van der Waals surface area contributed by atoms with Crippen LogP contribution in [0.15, 0.2) is 41.1 Å². The summed E-state index contributed by atoms with van der Waals surface area (Å²) in [7, 11) is 0. The fraction of sp³-hybridized carbons (Fsp3) is 0.0909. The van der Waals surface area contributed by atoms with Crippen LogP contribution in [0.3, 0.4) is 0 Å². The van der Waals surface area contributed by atoms with E-state index in [9.17, 15) is 0 Å². The van der Waals surface area contributed by atoms with Gasteiger partial charge in [0.25, 0.3) is 0 Å². The molecule has 0 unspecified atom stereocenters. The van der Waals surface area contributed by atoms with Crippen molar-refractivity contribution in [3.05, 3.63) is 58.3 Å². The zero-order chi connectivity index (χ0) is 8.23. The normalized spacial score (nSPS) is 10.0. The number of rotatable bonds is 2. The summed E-state index contributed by atoms with van der Waals surface area (Å²) >= 11 is 1.75. The van der Waals surface area contributed by atoms with Gasteiger partial charge in [0.1, 0.15) is 0 Å². The molecule has 1 aromatic heterocycles. The van der Waals surface area contributed by atoms with E-state index in [1.165, 1.54) is 11.1 Å². The molecular formula is C11H9S. The van der Waals surface area contributed by atoms with Crippen LogP contribution in [0.4, 0.5) is 0 Å². The van der Waals surface area contributed by atoms with E-state index in [4.69, 9.17) is 0 Å². The predicted molar refractivity (Wildman–Crippen MR) is 52.4 cm³/mol. The lowest BCUT2D eigenvalue weighted by Crippen LogP contribution is -1.83. The van der Waals surface area contributed by atoms with Gasteiger partial charge in [-0.05, 0) is 40.4 Å². The van der Waals surface area contributed by atoms with E-state index in [1.807, 2.05) is 12.1 Å². The van der Waals surface area contributed by atoms with Gasteiger partial charge in [0.05, 0.1) is 0 Å². The molecular weight excluding hydrogens is 164 g/mol. The average molecular weight is 173 g/mol. The van der Waals surface area contributed by atoms with Crippen molar-refractivity contribution < 1.29 is 0 Å². The number of thiophene rings is 1. The van der Waals surface area contributed by atoms with Crippen molar-refractivity contribution in [2.45, 2.75) is 6.42 Å². The van der Waals surface area contributed by atoms with Gasteiger partial charge in [-0.25, -0.2) is 0 Å². The van der Waals surface area contributed by atoms with E-state index < -0.39 is 0 Å². The highest BCUT2D eigenvalue weighted by Gasteiger charge is 1.94. The summed E-state index contributed by atoms with van der Waals surface area (Å²) < 4.78 is 0. The Morgan fingerprint density at radius 3 is 2.58 bits per heavy atom. The fourth-order valence-electron chi connectivity index (χ4n) is 1.17. The Kier molecular flexibility index (Phi) is 2.23. The molecule has 1 heterocycles. The van der Waals surface area contributed by atoms with Crippen LogP contribution in [-0.2, 0) is 6.42 Å². The SMILES string of the molecule is [c]1ccc(Cc2ccsc2)cc1. The van der Waals surface area contributed by atoms with Gasteiger partial charge in [0, 0.05) is 0 Å². The highest BCUT2D eigenvalue weighted by atomic mass is 32.1. The van der Waals surface area contributed by atoms with Crippen molar-refractivity contribution in [3.8, 4) is 0 Å². The fourth-order valence-corrected chi connectivity index (χ4v) is 1.84. The Morgan fingerprint density at radius 2 is 1.92 bits per heavy atom. The van der Waals surface area contributed by atoms with Crippen LogP contribution < -0.4 is 0 Å². The van der Waals surface area contributed by atoms with Crippen LogP contribution in [0.1, 0.15) is 11.1 Å². The molecule has 0 amide bonds. The smallest absolute Gasteiger partial charge is 0.00175 e. The Morgan fingerprint density at radius 1 is 1.08 bits per heavy atom. The molecule has 0 saturated heterocycles. The number of benzene rings is 1. The Bertz CT molecular complexity index is 321. The van der Waals surface area contributed by atoms with Gasteiger partial charge in [0.2, 0.25) is 0 Å². The van der Waals surface area contributed by atoms with Gasteiger partial charge in [-0.3, -0.25) is 0 Å². The van der Waals surface area contributed by atoms with Gasteiger partial charge in [-0.2, -0.15) is 11.3 Å². The lowest BCUT2D eigenvalue weighted by molar-refractivity contribution is 1.21. The molecule has 0 spiro atoms. The van der Waals surface area contributed by atoms with E-state index in [2.05, 4.69) is 35.0 Å². The van der Waals surface area contributed by atoms with E-state index in [-0.39, 0.29) is 0 Å². The molecule has 0 aliphatic carbocycles. The minimum atomic E-state index is 1.04. The summed E-state index contributed by atoms with van der Waals surface area (Å²) in [5.41, 5.74) is 2.75. The van der Waals surface area contributed by atoms with Crippen molar-refractivity contribution in [2.75, 3.05) is 0 Å². The van der Waals surface area contributed by atoms with Crippen LogP contribution in [0.25, 0.3) is 0 Å². The van der Waals surface area contributed by atoms with Crippen molar-refractivity contribution >= 4 is 11.3 Å². The van der Waals surface area contributed by atoms with E-state index in [1.54, 1.807) is 11.3 Å². The average Bonchev–Trinajstić information content (AvgIpc) is 2.59. The lowest BCUT2D eigenvalue weighted by atomic mass is 10.1. The van der Waals surface area contributed by atoms with Crippen molar-refractivity contribution in [1.29, 1.82) is 0 Å². The zero-order valence-corrected chi connectivity index (χ0v) is 7.47. The van der Waals surface area contributed by atoms with Crippen molar-refractivity contribution in [2.24, 2.45) is 0 Å². The maximum atomic E-state index is 3.01. The molecule has 0 atom stereocenters.